The summed E-state index contributed by atoms with van der Waals surface area (Å²) < 4.78 is 13.6. The number of hydrogen-bond acceptors (Lipinski definition) is 2. The molecule has 3 N–H and O–H groups in total. The molecular formula is C13H16FN3. The lowest BCUT2D eigenvalue weighted by molar-refractivity contribution is 0.630. The smallest absolute Gasteiger partial charge is 0.132 e. The predicted molar refractivity (Wildman–Crippen MR) is 66.1 cm³/mol. The van der Waals surface area contributed by atoms with Crippen LogP contribution in [-0.2, 0) is 0 Å². The van der Waals surface area contributed by atoms with Gasteiger partial charge in [0.05, 0.1) is 11.9 Å². The largest absolute Gasteiger partial charge is 0.342 e. The van der Waals surface area contributed by atoms with Gasteiger partial charge in [0.1, 0.15) is 11.6 Å². The zero-order valence-corrected chi connectivity index (χ0v) is 9.78. The van der Waals surface area contributed by atoms with Gasteiger partial charge < -0.3 is 10.7 Å². The molecule has 90 valence electrons. The topological polar surface area (TPSA) is 54.7 Å². The molecule has 0 amide bonds. The first-order valence-corrected chi connectivity index (χ1v) is 5.72. The molecule has 3 nitrogen and oxygen atoms in total. The first-order valence-electron chi connectivity index (χ1n) is 5.72. The fourth-order valence-corrected chi connectivity index (χ4v) is 1.79. The van der Waals surface area contributed by atoms with Crippen LogP contribution in [0.5, 0.6) is 0 Å². The molecule has 1 unspecified atom stereocenters. The van der Waals surface area contributed by atoms with Crippen LogP contribution >= 0.6 is 0 Å². The van der Waals surface area contributed by atoms with E-state index in [0.29, 0.717) is 17.8 Å². The van der Waals surface area contributed by atoms with E-state index in [-0.39, 0.29) is 11.7 Å². The number of benzene rings is 1. The maximum Gasteiger partial charge on any atom is 0.132 e. The van der Waals surface area contributed by atoms with Crippen LogP contribution in [0, 0.1) is 5.82 Å². The molecular weight excluding hydrogens is 217 g/mol. The number of rotatable bonds is 4. The van der Waals surface area contributed by atoms with Gasteiger partial charge in [0.25, 0.3) is 0 Å². The second kappa shape index (κ2) is 5.10. The minimum atomic E-state index is -0.242. The fraction of sp³-hybridized carbons (Fsp3) is 0.308. The Hall–Kier alpha value is -1.68. The van der Waals surface area contributed by atoms with Crippen molar-refractivity contribution < 1.29 is 4.39 Å². The van der Waals surface area contributed by atoms with Crippen molar-refractivity contribution in [2.24, 2.45) is 5.73 Å². The van der Waals surface area contributed by atoms with Crippen LogP contribution in [0.4, 0.5) is 4.39 Å². The first kappa shape index (κ1) is 11.8. The van der Waals surface area contributed by atoms with E-state index >= 15 is 0 Å². The van der Waals surface area contributed by atoms with E-state index < -0.39 is 0 Å². The zero-order valence-electron chi connectivity index (χ0n) is 9.78. The molecule has 0 aliphatic carbocycles. The van der Waals surface area contributed by atoms with Crippen molar-refractivity contribution in [2.75, 3.05) is 6.54 Å². The Bertz CT molecular complexity index is 493. The third-order valence-corrected chi connectivity index (χ3v) is 2.83. The summed E-state index contributed by atoms with van der Waals surface area (Å²) >= 11 is 0. The number of imidazole rings is 1. The van der Waals surface area contributed by atoms with Gasteiger partial charge in [-0.2, -0.15) is 0 Å². The molecule has 2 rings (SSSR count). The molecule has 0 saturated heterocycles. The highest BCUT2D eigenvalue weighted by Crippen LogP contribution is 2.23. The predicted octanol–water partition coefficient (Wildman–Crippen LogP) is 2.67. The number of aromatic amines is 1. The normalized spacial score (nSPS) is 12.6. The number of nitrogens with zero attached hydrogens (tertiary/aromatic N) is 1. The van der Waals surface area contributed by atoms with E-state index in [2.05, 4.69) is 16.9 Å². The van der Waals surface area contributed by atoms with Gasteiger partial charge in [-0.1, -0.05) is 19.1 Å². The summed E-state index contributed by atoms with van der Waals surface area (Å²) in [5.41, 5.74) is 6.76. The van der Waals surface area contributed by atoms with Gasteiger partial charge in [-0.3, -0.25) is 0 Å². The van der Waals surface area contributed by atoms with Crippen molar-refractivity contribution >= 4 is 0 Å². The maximum absolute atomic E-state index is 13.6. The van der Waals surface area contributed by atoms with Crippen molar-refractivity contribution in [3.05, 3.63) is 42.1 Å². The standard InChI is InChI=1S/C13H16FN3/c1-9(6-7-15)13-16-8-12(17-13)10-4-2-3-5-11(10)14/h2-5,8-9H,6-7,15H2,1H3,(H,16,17). The second-order valence-corrected chi connectivity index (χ2v) is 4.14. The number of nitrogens with one attached hydrogen (secondary N) is 1. The van der Waals surface area contributed by atoms with Gasteiger partial charge in [-0.05, 0) is 25.1 Å². The third kappa shape index (κ3) is 2.53. The van der Waals surface area contributed by atoms with Gasteiger partial charge in [0.2, 0.25) is 0 Å². The number of halogens is 1. The van der Waals surface area contributed by atoms with E-state index in [0.717, 1.165) is 12.2 Å². The summed E-state index contributed by atoms with van der Waals surface area (Å²) in [5.74, 6) is 0.878. The first-order chi connectivity index (χ1) is 8.22. The highest BCUT2D eigenvalue weighted by atomic mass is 19.1. The molecule has 0 aliphatic heterocycles. The van der Waals surface area contributed by atoms with Crippen LogP contribution in [-0.4, -0.2) is 16.5 Å². The lowest BCUT2D eigenvalue weighted by atomic mass is 10.1. The van der Waals surface area contributed by atoms with Crippen LogP contribution in [0.15, 0.2) is 30.5 Å². The summed E-state index contributed by atoms with van der Waals surface area (Å²) in [7, 11) is 0. The highest BCUT2D eigenvalue weighted by Gasteiger charge is 2.11. The van der Waals surface area contributed by atoms with E-state index in [1.807, 2.05) is 6.07 Å². The van der Waals surface area contributed by atoms with Crippen molar-refractivity contribution in [3.63, 3.8) is 0 Å². The summed E-state index contributed by atoms with van der Waals surface area (Å²) in [6.07, 6.45) is 2.53. The Morgan fingerprint density at radius 3 is 2.88 bits per heavy atom. The minimum Gasteiger partial charge on any atom is -0.342 e. The summed E-state index contributed by atoms with van der Waals surface area (Å²) in [4.78, 5) is 7.42. The number of H-pyrrole nitrogens is 1. The maximum atomic E-state index is 13.6. The number of hydrogen-bond donors (Lipinski definition) is 2. The van der Waals surface area contributed by atoms with Crippen molar-refractivity contribution in [1.29, 1.82) is 0 Å². The number of aromatic nitrogens is 2. The molecule has 1 aromatic heterocycles. The van der Waals surface area contributed by atoms with Gasteiger partial charge in [0, 0.05) is 11.5 Å². The molecule has 0 spiro atoms. The van der Waals surface area contributed by atoms with Gasteiger partial charge >= 0.3 is 0 Å². The Balaban J connectivity index is 2.27. The van der Waals surface area contributed by atoms with Crippen LogP contribution in [0.2, 0.25) is 0 Å². The SMILES string of the molecule is CC(CCN)c1ncc(-c2ccccc2F)[nH]1. The van der Waals surface area contributed by atoms with Crippen molar-refractivity contribution in [3.8, 4) is 11.3 Å². The lowest BCUT2D eigenvalue weighted by Crippen LogP contribution is -2.05. The Morgan fingerprint density at radius 2 is 2.18 bits per heavy atom. The van der Waals surface area contributed by atoms with Crippen molar-refractivity contribution in [2.45, 2.75) is 19.3 Å². The zero-order chi connectivity index (χ0) is 12.3. The molecule has 17 heavy (non-hydrogen) atoms. The lowest BCUT2D eigenvalue weighted by Gasteiger charge is -2.05. The Morgan fingerprint density at radius 1 is 1.41 bits per heavy atom. The van der Waals surface area contributed by atoms with Gasteiger partial charge in [0.15, 0.2) is 0 Å². The average molecular weight is 233 g/mol. The second-order valence-electron chi connectivity index (χ2n) is 4.14. The quantitative estimate of drug-likeness (QED) is 0.853. The van der Waals surface area contributed by atoms with Crippen LogP contribution < -0.4 is 5.73 Å². The van der Waals surface area contributed by atoms with E-state index in [4.69, 9.17) is 5.73 Å². The molecule has 1 atom stereocenters. The third-order valence-electron chi connectivity index (χ3n) is 2.83. The van der Waals surface area contributed by atoms with Gasteiger partial charge in [-0.15, -0.1) is 0 Å². The van der Waals surface area contributed by atoms with Crippen LogP contribution in [0.3, 0.4) is 0 Å². The van der Waals surface area contributed by atoms with Crippen LogP contribution in [0.1, 0.15) is 25.1 Å². The molecule has 2 aromatic rings. The fourth-order valence-electron chi connectivity index (χ4n) is 1.79. The number of nitrogens with two attached hydrogens (primary N) is 1. The molecule has 0 radical (unpaired) electrons. The summed E-state index contributed by atoms with van der Waals surface area (Å²) in [6, 6.07) is 6.66. The molecule has 0 fully saturated rings. The van der Waals surface area contributed by atoms with E-state index in [1.165, 1.54) is 6.07 Å². The summed E-state index contributed by atoms with van der Waals surface area (Å²) in [5, 5.41) is 0. The Labute approximate surface area is 99.9 Å². The van der Waals surface area contributed by atoms with Crippen LogP contribution in [0.25, 0.3) is 11.3 Å². The molecule has 0 aliphatic rings. The van der Waals surface area contributed by atoms with E-state index in [9.17, 15) is 4.39 Å². The van der Waals surface area contributed by atoms with Gasteiger partial charge in [-0.25, -0.2) is 9.37 Å². The highest BCUT2D eigenvalue weighted by molar-refractivity contribution is 5.59. The summed E-state index contributed by atoms with van der Waals surface area (Å²) in [6.45, 7) is 2.67. The molecule has 1 aromatic carbocycles. The average Bonchev–Trinajstić information content (AvgIpc) is 2.79. The molecule has 0 saturated carbocycles. The monoisotopic (exact) mass is 233 g/mol. The van der Waals surface area contributed by atoms with E-state index in [1.54, 1.807) is 18.3 Å². The molecule has 0 bridgehead atoms. The van der Waals surface area contributed by atoms with Crippen molar-refractivity contribution in [1.82, 2.24) is 9.97 Å². The molecule has 4 heteroatoms. The minimum absolute atomic E-state index is 0.242. The molecule has 1 heterocycles. The Kier molecular flexibility index (Phi) is 3.54.